The smallest absolute Gasteiger partial charge is 0.157 e. The van der Waals surface area contributed by atoms with Crippen molar-refractivity contribution < 1.29 is 15.0 Å². The summed E-state index contributed by atoms with van der Waals surface area (Å²) in [7, 11) is 0. The number of phenols is 2. The minimum absolute atomic E-state index is 0.116. The van der Waals surface area contributed by atoms with Crippen LogP contribution in [0, 0.1) is 0 Å². The molecule has 0 saturated heterocycles. The number of alkyl halides is 1. The van der Waals surface area contributed by atoms with Crippen LogP contribution in [0.1, 0.15) is 32.3 Å². The molecule has 1 rings (SSSR count). The van der Waals surface area contributed by atoms with Gasteiger partial charge in [-0.05, 0) is 44.4 Å². The molecule has 0 spiro atoms. The van der Waals surface area contributed by atoms with Crippen molar-refractivity contribution in [3.05, 3.63) is 23.8 Å². The third-order valence-electron chi connectivity index (χ3n) is 2.57. The molecule has 0 heterocycles. The third kappa shape index (κ3) is 4.38. The number of rotatable bonds is 5. The number of halogens is 1. The van der Waals surface area contributed by atoms with Gasteiger partial charge in [0.1, 0.15) is 5.78 Å². The predicted octanol–water partition coefficient (Wildman–Crippen LogP) is 3.16. The Morgan fingerprint density at radius 3 is 2.47 bits per heavy atom. The molecule has 0 bridgehead atoms. The van der Waals surface area contributed by atoms with Crippen molar-refractivity contribution in [3.63, 3.8) is 0 Å². The van der Waals surface area contributed by atoms with E-state index in [1.165, 1.54) is 12.1 Å². The normalized spacial score (nSPS) is 11.5. The molecule has 94 valence electrons. The number of hydrogen-bond acceptors (Lipinski definition) is 3. The van der Waals surface area contributed by atoms with Gasteiger partial charge in [-0.15, -0.1) is 0 Å². The summed E-state index contributed by atoms with van der Waals surface area (Å²) in [6.07, 6.45) is 1.95. The molecule has 4 heteroatoms. The zero-order valence-corrected chi connectivity index (χ0v) is 11.6. The second-order valence-corrected chi connectivity index (χ2v) is 6.55. The summed E-state index contributed by atoms with van der Waals surface area (Å²) in [6.45, 7) is 3.67. The molecule has 0 aliphatic rings. The number of ketones is 1. The van der Waals surface area contributed by atoms with Crippen LogP contribution in [0.3, 0.4) is 0 Å². The number of aromatic hydroxyl groups is 2. The first-order valence-corrected chi connectivity index (χ1v) is 6.33. The number of hydrogen-bond donors (Lipinski definition) is 2. The van der Waals surface area contributed by atoms with Gasteiger partial charge >= 0.3 is 0 Å². The minimum atomic E-state index is -0.468. The zero-order valence-electron chi connectivity index (χ0n) is 10.0. The highest BCUT2D eigenvalue weighted by molar-refractivity contribution is 9.10. The van der Waals surface area contributed by atoms with E-state index in [0.29, 0.717) is 12.8 Å². The summed E-state index contributed by atoms with van der Waals surface area (Å²) in [5.41, 5.74) is 0.917. The topological polar surface area (TPSA) is 57.5 Å². The molecule has 2 N–H and O–H groups in total. The standard InChI is InChI=1S/C13H17BrO3/c1-13(2,14)12(17)5-3-4-9-6-7-10(15)11(16)8-9/h6-8,15-16H,3-5H2,1-2H3. The van der Waals surface area contributed by atoms with Gasteiger partial charge < -0.3 is 10.2 Å². The summed E-state index contributed by atoms with van der Waals surface area (Å²) in [5.74, 6) is -0.0680. The number of aryl methyl sites for hydroxylation is 1. The molecule has 0 fully saturated rings. The highest BCUT2D eigenvalue weighted by atomic mass is 79.9. The molecule has 0 saturated carbocycles. The fourth-order valence-electron chi connectivity index (χ4n) is 1.47. The van der Waals surface area contributed by atoms with Crippen molar-refractivity contribution >= 4 is 21.7 Å². The molecule has 0 amide bonds. The highest BCUT2D eigenvalue weighted by Gasteiger charge is 2.22. The lowest BCUT2D eigenvalue weighted by Crippen LogP contribution is -2.23. The maximum Gasteiger partial charge on any atom is 0.157 e. The maximum absolute atomic E-state index is 11.6. The molecular formula is C13H17BrO3. The molecule has 1 aromatic rings. The van der Waals surface area contributed by atoms with Crippen LogP contribution in [0.2, 0.25) is 0 Å². The lowest BCUT2D eigenvalue weighted by atomic mass is 10.0. The second kappa shape index (κ2) is 5.54. The zero-order chi connectivity index (χ0) is 13.1. The molecule has 1 aromatic carbocycles. The van der Waals surface area contributed by atoms with Gasteiger partial charge in [0.25, 0.3) is 0 Å². The third-order valence-corrected chi connectivity index (χ3v) is 3.01. The molecule has 17 heavy (non-hydrogen) atoms. The van der Waals surface area contributed by atoms with Crippen LogP contribution in [0.4, 0.5) is 0 Å². The van der Waals surface area contributed by atoms with Crippen molar-refractivity contribution in [2.45, 2.75) is 37.4 Å². The average Bonchev–Trinajstić information content (AvgIpc) is 2.22. The van der Waals surface area contributed by atoms with Crippen LogP contribution in [0.5, 0.6) is 11.5 Å². The van der Waals surface area contributed by atoms with E-state index in [-0.39, 0.29) is 17.3 Å². The minimum Gasteiger partial charge on any atom is -0.504 e. The van der Waals surface area contributed by atoms with E-state index in [9.17, 15) is 9.90 Å². The molecule has 0 unspecified atom stereocenters. The van der Waals surface area contributed by atoms with Crippen molar-refractivity contribution in [1.82, 2.24) is 0 Å². The fourth-order valence-corrected chi connectivity index (χ4v) is 1.67. The summed E-state index contributed by atoms with van der Waals surface area (Å²) in [4.78, 5) is 11.6. The van der Waals surface area contributed by atoms with E-state index in [4.69, 9.17) is 5.11 Å². The van der Waals surface area contributed by atoms with Crippen molar-refractivity contribution in [3.8, 4) is 11.5 Å². The molecule has 3 nitrogen and oxygen atoms in total. The number of phenolic OH excluding ortho intramolecular Hbond substituents is 2. The number of benzene rings is 1. The summed E-state index contributed by atoms with van der Waals surface area (Å²) in [6, 6.07) is 4.73. The molecule has 0 atom stereocenters. The maximum atomic E-state index is 11.6. The highest BCUT2D eigenvalue weighted by Crippen LogP contribution is 2.26. The van der Waals surface area contributed by atoms with Crippen LogP contribution in [0.25, 0.3) is 0 Å². The Hall–Kier alpha value is -1.03. The van der Waals surface area contributed by atoms with Gasteiger partial charge in [-0.3, -0.25) is 4.79 Å². The molecule has 0 aromatic heterocycles. The molecule has 0 aliphatic heterocycles. The van der Waals surface area contributed by atoms with Gasteiger partial charge in [-0.2, -0.15) is 0 Å². The van der Waals surface area contributed by atoms with Crippen LogP contribution >= 0.6 is 15.9 Å². The van der Waals surface area contributed by atoms with Crippen LogP contribution in [0.15, 0.2) is 18.2 Å². The first-order valence-electron chi connectivity index (χ1n) is 5.54. The Morgan fingerprint density at radius 1 is 1.29 bits per heavy atom. The summed E-state index contributed by atoms with van der Waals surface area (Å²) >= 11 is 3.33. The Morgan fingerprint density at radius 2 is 1.94 bits per heavy atom. The van der Waals surface area contributed by atoms with Gasteiger partial charge in [-0.1, -0.05) is 22.0 Å². The van der Waals surface area contributed by atoms with E-state index in [1.54, 1.807) is 6.07 Å². The molecule has 0 aliphatic carbocycles. The quantitative estimate of drug-likeness (QED) is 0.649. The number of carbonyl (C=O) groups is 1. The Bertz CT molecular complexity index is 408. The van der Waals surface area contributed by atoms with Crippen molar-refractivity contribution in [2.24, 2.45) is 0 Å². The average molecular weight is 301 g/mol. The van der Waals surface area contributed by atoms with E-state index in [2.05, 4.69) is 15.9 Å². The van der Waals surface area contributed by atoms with Gasteiger partial charge in [0, 0.05) is 6.42 Å². The lowest BCUT2D eigenvalue weighted by molar-refractivity contribution is -0.120. The van der Waals surface area contributed by atoms with Crippen LogP contribution in [-0.2, 0) is 11.2 Å². The Balaban J connectivity index is 2.46. The largest absolute Gasteiger partial charge is 0.504 e. The molecule has 0 radical (unpaired) electrons. The van der Waals surface area contributed by atoms with Gasteiger partial charge in [0.2, 0.25) is 0 Å². The van der Waals surface area contributed by atoms with Gasteiger partial charge in [0.05, 0.1) is 4.32 Å². The van der Waals surface area contributed by atoms with Crippen molar-refractivity contribution in [1.29, 1.82) is 0 Å². The SMILES string of the molecule is CC(C)(Br)C(=O)CCCc1ccc(O)c(O)c1. The second-order valence-electron chi connectivity index (χ2n) is 4.57. The Labute approximate surface area is 110 Å². The van der Waals surface area contributed by atoms with Gasteiger partial charge in [0.15, 0.2) is 11.5 Å². The van der Waals surface area contributed by atoms with E-state index in [1.807, 2.05) is 13.8 Å². The predicted molar refractivity (Wildman–Crippen MR) is 70.7 cm³/mol. The first kappa shape index (κ1) is 14.0. The number of carbonyl (C=O) groups excluding carboxylic acids is 1. The van der Waals surface area contributed by atoms with Crippen LogP contribution in [-0.4, -0.2) is 20.3 Å². The summed E-state index contributed by atoms with van der Waals surface area (Å²) in [5, 5.41) is 18.5. The fraction of sp³-hybridized carbons (Fsp3) is 0.462. The summed E-state index contributed by atoms with van der Waals surface area (Å²) < 4.78 is -0.468. The van der Waals surface area contributed by atoms with Gasteiger partial charge in [-0.25, -0.2) is 0 Å². The van der Waals surface area contributed by atoms with Crippen LogP contribution < -0.4 is 0 Å². The molecular weight excluding hydrogens is 284 g/mol. The Kier molecular flexibility index (Phi) is 4.57. The monoisotopic (exact) mass is 300 g/mol. The number of Topliss-reactive ketones (excluding diaryl/α,β-unsaturated/α-hetero) is 1. The van der Waals surface area contributed by atoms with E-state index >= 15 is 0 Å². The first-order chi connectivity index (χ1) is 7.80. The van der Waals surface area contributed by atoms with Crippen molar-refractivity contribution in [2.75, 3.05) is 0 Å². The lowest BCUT2D eigenvalue weighted by Gasteiger charge is -2.14. The van der Waals surface area contributed by atoms with E-state index < -0.39 is 4.32 Å². The van der Waals surface area contributed by atoms with E-state index in [0.717, 1.165) is 12.0 Å².